The predicted octanol–water partition coefficient (Wildman–Crippen LogP) is 2.37. The largest absolute Gasteiger partial charge is 0.373 e. The van der Waals surface area contributed by atoms with E-state index in [1.165, 1.54) is 31.6 Å². The van der Waals surface area contributed by atoms with Gasteiger partial charge in [-0.05, 0) is 65.0 Å². The molecule has 1 saturated heterocycles. The molecule has 1 N–H and O–H groups in total. The average Bonchev–Trinajstić information content (AvgIpc) is 2.83. The van der Waals surface area contributed by atoms with Crippen molar-refractivity contribution in [2.45, 2.75) is 64.6 Å². The fraction of sp³-hybridized carbons (Fsp3) is 0.812. The van der Waals surface area contributed by atoms with E-state index in [4.69, 9.17) is 4.98 Å². The van der Waals surface area contributed by atoms with Gasteiger partial charge in [-0.15, -0.1) is 0 Å². The van der Waals surface area contributed by atoms with Gasteiger partial charge in [0.2, 0.25) is 0 Å². The first kappa shape index (κ1) is 14.1. The second kappa shape index (κ2) is 5.86. The highest BCUT2D eigenvalue weighted by molar-refractivity contribution is 5.08. The van der Waals surface area contributed by atoms with Crippen LogP contribution < -0.4 is 0 Å². The second-order valence-electron chi connectivity index (χ2n) is 6.71. The highest BCUT2D eigenvalue weighted by Gasteiger charge is 2.24. The number of aliphatic hydroxyl groups excluding tert-OH is 1. The maximum absolute atomic E-state index is 9.99. The van der Waals surface area contributed by atoms with Crippen LogP contribution in [-0.4, -0.2) is 38.7 Å². The number of likely N-dealkylation sites (tertiary alicyclic amines) is 1. The van der Waals surface area contributed by atoms with E-state index in [-0.39, 0.29) is 6.23 Å². The molecule has 1 aromatic rings. The molecule has 1 aromatic heterocycles. The van der Waals surface area contributed by atoms with Gasteiger partial charge in [-0.25, -0.2) is 4.98 Å². The minimum absolute atomic E-state index is 0.345. The minimum atomic E-state index is -0.345. The Morgan fingerprint density at radius 2 is 2.05 bits per heavy atom. The third-order valence-electron chi connectivity index (χ3n) is 4.92. The molecule has 0 bridgehead atoms. The van der Waals surface area contributed by atoms with E-state index in [1.807, 2.05) is 4.57 Å². The molecule has 2 aliphatic rings. The molecule has 0 amide bonds. The summed E-state index contributed by atoms with van der Waals surface area (Å²) in [6.07, 6.45) is 8.34. The average molecular weight is 277 g/mol. The Balaban J connectivity index is 1.59. The van der Waals surface area contributed by atoms with E-state index in [2.05, 4.69) is 24.9 Å². The Kier molecular flexibility index (Phi) is 4.13. The lowest BCUT2D eigenvalue weighted by Crippen LogP contribution is -2.38. The molecule has 4 nitrogen and oxygen atoms in total. The van der Waals surface area contributed by atoms with E-state index in [0.29, 0.717) is 6.04 Å². The van der Waals surface area contributed by atoms with E-state index in [0.717, 1.165) is 37.4 Å². The Hall–Kier alpha value is -0.870. The molecular formula is C16H27N3O. The van der Waals surface area contributed by atoms with Crippen molar-refractivity contribution in [2.24, 2.45) is 5.92 Å². The lowest BCUT2D eigenvalue weighted by molar-refractivity contribution is 0.0780. The molecule has 0 saturated carbocycles. The molecule has 1 atom stereocenters. The third-order valence-corrected chi connectivity index (χ3v) is 4.92. The van der Waals surface area contributed by atoms with Crippen molar-refractivity contribution in [3.05, 3.63) is 17.7 Å². The van der Waals surface area contributed by atoms with Crippen LogP contribution >= 0.6 is 0 Å². The van der Waals surface area contributed by atoms with Gasteiger partial charge in [0.05, 0.1) is 5.69 Å². The smallest absolute Gasteiger partial charge is 0.131 e. The van der Waals surface area contributed by atoms with Crippen LogP contribution in [0.4, 0.5) is 0 Å². The quantitative estimate of drug-likeness (QED) is 0.922. The number of imidazole rings is 1. The summed E-state index contributed by atoms with van der Waals surface area (Å²) in [4.78, 5) is 7.31. The van der Waals surface area contributed by atoms with E-state index in [1.54, 1.807) is 0 Å². The van der Waals surface area contributed by atoms with Gasteiger partial charge in [-0.2, -0.15) is 0 Å². The number of rotatable bonds is 3. The van der Waals surface area contributed by atoms with Gasteiger partial charge in [0.1, 0.15) is 12.1 Å². The number of aryl methyl sites for hydroxylation is 1. The zero-order valence-corrected chi connectivity index (χ0v) is 12.8. The van der Waals surface area contributed by atoms with Crippen molar-refractivity contribution in [1.29, 1.82) is 0 Å². The number of piperidine rings is 1. The fourth-order valence-electron chi connectivity index (χ4n) is 3.58. The molecule has 3 heterocycles. The molecule has 2 aliphatic heterocycles. The summed E-state index contributed by atoms with van der Waals surface area (Å²) in [5.74, 6) is 1.84. The number of hydrogen-bond donors (Lipinski definition) is 1. The molecule has 0 aromatic carbocycles. The Labute approximate surface area is 121 Å². The number of hydrogen-bond acceptors (Lipinski definition) is 3. The van der Waals surface area contributed by atoms with Crippen molar-refractivity contribution in [2.75, 3.05) is 13.1 Å². The standard InChI is InChI=1S/C16H27N3O/c1-12(2)18-8-6-13(7-9-18)10-14-11-19-15(17-14)4-3-5-16(19)20/h11-13,16,20H,3-10H2,1-2H3. The van der Waals surface area contributed by atoms with Crippen molar-refractivity contribution in [3.8, 4) is 0 Å². The fourth-order valence-corrected chi connectivity index (χ4v) is 3.58. The summed E-state index contributed by atoms with van der Waals surface area (Å²) < 4.78 is 1.99. The summed E-state index contributed by atoms with van der Waals surface area (Å²) in [7, 11) is 0. The SMILES string of the molecule is CC(C)N1CCC(Cc2cn3c(n2)CCCC3O)CC1. The van der Waals surface area contributed by atoms with Gasteiger partial charge in [-0.1, -0.05) is 0 Å². The van der Waals surface area contributed by atoms with Crippen molar-refractivity contribution in [3.63, 3.8) is 0 Å². The summed E-state index contributed by atoms with van der Waals surface area (Å²) >= 11 is 0. The normalized spacial score (nSPS) is 25.1. The van der Waals surface area contributed by atoms with E-state index >= 15 is 0 Å². The lowest BCUT2D eigenvalue weighted by Gasteiger charge is -2.34. The van der Waals surface area contributed by atoms with Crippen molar-refractivity contribution >= 4 is 0 Å². The van der Waals surface area contributed by atoms with Gasteiger partial charge >= 0.3 is 0 Å². The van der Waals surface area contributed by atoms with Crippen LogP contribution in [0.5, 0.6) is 0 Å². The van der Waals surface area contributed by atoms with Gasteiger partial charge < -0.3 is 14.6 Å². The molecule has 0 radical (unpaired) electrons. The van der Waals surface area contributed by atoms with Gasteiger partial charge in [0.15, 0.2) is 0 Å². The first-order chi connectivity index (χ1) is 9.63. The van der Waals surface area contributed by atoms with Crippen LogP contribution in [0.2, 0.25) is 0 Å². The minimum Gasteiger partial charge on any atom is -0.373 e. The summed E-state index contributed by atoms with van der Waals surface area (Å²) in [6, 6.07) is 0.672. The summed E-state index contributed by atoms with van der Waals surface area (Å²) in [5.41, 5.74) is 1.18. The van der Waals surface area contributed by atoms with Crippen molar-refractivity contribution in [1.82, 2.24) is 14.5 Å². The van der Waals surface area contributed by atoms with Crippen LogP contribution in [0, 0.1) is 5.92 Å². The van der Waals surface area contributed by atoms with Crippen LogP contribution in [0.25, 0.3) is 0 Å². The van der Waals surface area contributed by atoms with Crippen LogP contribution in [0.1, 0.15) is 57.3 Å². The molecule has 0 spiro atoms. The first-order valence-electron chi connectivity index (χ1n) is 8.12. The number of aliphatic hydroxyl groups is 1. The topological polar surface area (TPSA) is 41.3 Å². The van der Waals surface area contributed by atoms with E-state index < -0.39 is 0 Å². The Morgan fingerprint density at radius 3 is 2.70 bits per heavy atom. The molecule has 3 rings (SSSR count). The van der Waals surface area contributed by atoms with E-state index in [9.17, 15) is 5.11 Å². The molecule has 0 aliphatic carbocycles. The second-order valence-corrected chi connectivity index (χ2v) is 6.71. The molecule has 1 unspecified atom stereocenters. The Morgan fingerprint density at radius 1 is 1.30 bits per heavy atom. The zero-order valence-electron chi connectivity index (χ0n) is 12.8. The van der Waals surface area contributed by atoms with Crippen LogP contribution in [-0.2, 0) is 12.8 Å². The number of aromatic nitrogens is 2. The van der Waals surface area contributed by atoms with Crippen LogP contribution in [0.15, 0.2) is 6.20 Å². The zero-order chi connectivity index (χ0) is 14.1. The lowest BCUT2D eigenvalue weighted by atomic mass is 9.92. The highest BCUT2D eigenvalue weighted by atomic mass is 16.3. The number of fused-ring (bicyclic) bond motifs is 1. The van der Waals surface area contributed by atoms with Gasteiger partial charge in [-0.3, -0.25) is 0 Å². The van der Waals surface area contributed by atoms with Crippen LogP contribution in [0.3, 0.4) is 0 Å². The highest BCUT2D eigenvalue weighted by Crippen LogP contribution is 2.26. The summed E-state index contributed by atoms with van der Waals surface area (Å²) in [5, 5.41) is 9.99. The van der Waals surface area contributed by atoms with Gasteiger partial charge in [0.25, 0.3) is 0 Å². The maximum Gasteiger partial charge on any atom is 0.131 e. The molecular weight excluding hydrogens is 250 g/mol. The monoisotopic (exact) mass is 277 g/mol. The molecule has 1 fully saturated rings. The third kappa shape index (κ3) is 2.91. The Bertz CT molecular complexity index is 447. The molecule has 20 heavy (non-hydrogen) atoms. The first-order valence-corrected chi connectivity index (χ1v) is 8.12. The summed E-state index contributed by atoms with van der Waals surface area (Å²) in [6.45, 7) is 7.01. The molecule has 112 valence electrons. The van der Waals surface area contributed by atoms with Gasteiger partial charge in [0, 0.05) is 18.7 Å². The molecule has 4 heteroatoms. The predicted molar refractivity (Wildman–Crippen MR) is 79.6 cm³/mol. The number of nitrogens with zero attached hydrogens (tertiary/aromatic N) is 3. The van der Waals surface area contributed by atoms with Crippen molar-refractivity contribution < 1.29 is 5.11 Å². The maximum atomic E-state index is 9.99.